The maximum absolute atomic E-state index is 5.53. The maximum atomic E-state index is 5.53. The van der Waals surface area contributed by atoms with Crippen LogP contribution in [0.4, 0.5) is 0 Å². The highest BCUT2D eigenvalue weighted by Crippen LogP contribution is 2.32. The smallest absolute Gasteiger partial charge is 0.0591 e. The summed E-state index contributed by atoms with van der Waals surface area (Å²) in [6.07, 6.45) is 3.88. The Bertz CT molecular complexity index is 147. The third-order valence-electron chi connectivity index (χ3n) is 2.94. The van der Waals surface area contributed by atoms with E-state index in [1.54, 1.807) is 0 Å². The lowest BCUT2D eigenvalue weighted by Gasteiger charge is -2.07. The quantitative estimate of drug-likeness (QED) is 0.606. The molecule has 1 N–H and O–H groups in total. The maximum Gasteiger partial charge on any atom is 0.0591 e. The van der Waals surface area contributed by atoms with Crippen LogP contribution in [-0.4, -0.2) is 25.8 Å². The van der Waals surface area contributed by atoms with Crippen LogP contribution in [0.3, 0.4) is 0 Å². The van der Waals surface area contributed by atoms with Crippen molar-refractivity contribution < 1.29 is 4.74 Å². The molecule has 2 heteroatoms. The van der Waals surface area contributed by atoms with Gasteiger partial charge in [-0.3, -0.25) is 0 Å². The fourth-order valence-corrected chi connectivity index (χ4v) is 1.69. The van der Waals surface area contributed by atoms with Crippen LogP contribution in [0.5, 0.6) is 0 Å². The van der Waals surface area contributed by atoms with Crippen molar-refractivity contribution in [2.24, 2.45) is 11.8 Å². The Morgan fingerprint density at radius 1 is 1.36 bits per heavy atom. The highest BCUT2D eigenvalue weighted by atomic mass is 16.5. The van der Waals surface area contributed by atoms with Crippen molar-refractivity contribution in [2.45, 2.75) is 46.1 Å². The molecule has 1 aliphatic rings. The van der Waals surface area contributed by atoms with Gasteiger partial charge in [0.15, 0.2) is 0 Å². The van der Waals surface area contributed by atoms with Crippen LogP contribution in [0.2, 0.25) is 0 Å². The SMILES string of the molecule is CCC1CC1NCCOCCC(C)C. The summed E-state index contributed by atoms with van der Waals surface area (Å²) >= 11 is 0. The summed E-state index contributed by atoms with van der Waals surface area (Å²) < 4.78 is 5.53. The molecule has 0 aromatic carbocycles. The number of hydrogen-bond acceptors (Lipinski definition) is 2. The van der Waals surface area contributed by atoms with Gasteiger partial charge in [0, 0.05) is 19.2 Å². The minimum Gasteiger partial charge on any atom is -0.380 e. The first kappa shape index (κ1) is 12.0. The summed E-state index contributed by atoms with van der Waals surface area (Å²) in [4.78, 5) is 0. The highest BCUT2D eigenvalue weighted by Gasteiger charge is 2.34. The van der Waals surface area contributed by atoms with Crippen LogP contribution in [0.1, 0.15) is 40.0 Å². The molecule has 14 heavy (non-hydrogen) atoms. The Labute approximate surface area is 88.4 Å². The first-order valence-electron chi connectivity index (χ1n) is 6.05. The van der Waals surface area contributed by atoms with E-state index in [2.05, 4.69) is 26.1 Å². The van der Waals surface area contributed by atoms with E-state index >= 15 is 0 Å². The molecule has 0 amide bonds. The van der Waals surface area contributed by atoms with Crippen LogP contribution < -0.4 is 5.32 Å². The van der Waals surface area contributed by atoms with Gasteiger partial charge in [-0.25, -0.2) is 0 Å². The van der Waals surface area contributed by atoms with E-state index < -0.39 is 0 Å². The molecule has 1 saturated carbocycles. The molecule has 0 spiro atoms. The average Bonchev–Trinajstić information content (AvgIpc) is 2.89. The van der Waals surface area contributed by atoms with Crippen LogP contribution >= 0.6 is 0 Å². The van der Waals surface area contributed by atoms with Gasteiger partial charge in [0.25, 0.3) is 0 Å². The largest absolute Gasteiger partial charge is 0.380 e. The van der Waals surface area contributed by atoms with Crippen LogP contribution in [-0.2, 0) is 4.74 Å². The standard InChI is InChI=1S/C12H25NO/c1-4-11-9-12(11)13-6-8-14-7-5-10(2)3/h10-13H,4-9H2,1-3H3. The third kappa shape index (κ3) is 4.97. The van der Waals surface area contributed by atoms with Gasteiger partial charge >= 0.3 is 0 Å². The second-order valence-corrected chi connectivity index (χ2v) is 4.76. The molecule has 1 fully saturated rings. The van der Waals surface area contributed by atoms with Crippen LogP contribution in [0, 0.1) is 11.8 Å². The molecule has 2 nitrogen and oxygen atoms in total. The van der Waals surface area contributed by atoms with Crippen molar-refractivity contribution in [3.8, 4) is 0 Å². The van der Waals surface area contributed by atoms with Gasteiger partial charge in [-0.2, -0.15) is 0 Å². The summed E-state index contributed by atoms with van der Waals surface area (Å²) in [5.41, 5.74) is 0. The molecule has 0 radical (unpaired) electrons. The monoisotopic (exact) mass is 199 g/mol. The van der Waals surface area contributed by atoms with E-state index in [1.165, 1.54) is 19.3 Å². The second kappa shape index (κ2) is 6.41. The van der Waals surface area contributed by atoms with E-state index in [9.17, 15) is 0 Å². The molecule has 0 aliphatic heterocycles. The molecule has 0 heterocycles. The van der Waals surface area contributed by atoms with Crippen molar-refractivity contribution in [1.82, 2.24) is 5.32 Å². The topological polar surface area (TPSA) is 21.3 Å². The Kier molecular flexibility index (Phi) is 5.49. The summed E-state index contributed by atoms with van der Waals surface area (Å²) in [5, 5.41) is 3.52. The van der Waals surface area contributed by atoms with E-state index in [4.69, 9.17) is 4.74 Å². The molecular formula is C12H25NO. The molecule has 1 rings (SSSR count). The zero-order chi connectivity index (χ0) is 10.4. The predicted molar refractivity (Wildman–Crippen MR) is 60.5 cm³/mol. The minimum absolute atomic E-state index is 0.760. The number of nitrogens with one attached hydrogen (secondary N) is 1. The van der Waals surface area contributed by atoms with Gasteiger partial charge in [-0.1, -0.05) is 27.2 Å². The summed E-state index contributed by atoms with van der Waals surface area (Å²) in [7, 11) is 0. The van der Waals surface area contributed by atoms with Crippen LogP contribution in [0.25, 0.3) is 0 Å². The summed E-state index contributed by atoms with van der Waals surface area (Å²) in [6.45, 7) is 9.56. The predicted octanol–water partition coefficient (Wildman–Crippen LogP) is 2.44. The van der Waals surface area contributed by atoms with Crippen molar-refractivity contribution in [2.75, 3.05) is 19.8 Å². The van der Waals surface area contributed by atoms with Crippen molar-refractivity contribution >= 4 is 0 Å². The third-order valence-corrected chi connectivity index (χ3v) is 2.94. The zero-order valence-electron chi connectivity index (χ0n) is 9.88. The zero-order valence-corrected chi connectivity index (χ0v) is 9.88. The fourth-order valence-electron chi connectivity index (χ4n) is 1.69. The lowest BCUT2D eigenvalue weighted by molar-refractivity contribution is 0.125. The lowest BCUT2D eigenvalue weighted by Crippen LogP contribution is -2.23. The van der Waals surface area contributed by atoms with E-state index in [1.807, 2.05) is 0 Å². The summed E-state index contributed by atoms with van der Waals surface area (Å²) in [6, 6.07) is 0.800. The van der Waals surface area contributed by atoms with E-state index in [0.29, 0.717) is 0 Å². The van der Waals surface area contributed by atoms with Crippen LogP contribution in [0.15, 0.2) is 0 Å². The van der Waals surface area contributed by atoms with E-state index in [-0.39, 0.29) is 0 Å². The molecule has 0 aromatic rings. The number of ether oxygens (including phenoxy) is 1. The molecule has 0 bridgehead atoms. The second-order valence-electron chi connectivity index (χ2n) is 4.76. The molecule has 1 aliphatic carbocycles. The van der Waals surface area contributed by atoms with Gasteiger partial charge in [0.2, 0.25) is 0 Å². The Morgan fingerprint density at radius 2 is 2.14 bits per heavy atom. The Balaban J connectivity index is 1.77. The molecular weight excluding hydrogens is 174 g/mol. The number of rotatable bonds is 8. The van der Waals surface area contributed by atoms with Gasteiger partial charge < -0.3 is 10.1 Å². The van der Waals surface area contributed by atoms with E-state index in [0.717, 1.165) is 37.6 Å². The highest BCUT2D eigenvalue weighted by molar-refractivity contribution is 4.91. The Morgan fingerprint density at radius 3 is 2.71 bits per heavy atom. The molecule has 84 valence electrons. The molecule has 0 aromatic heterocycles. The molecule has 2 unspecified atom stereocenters. The average molecular weight is 199 g/mol. The van der Waals surface area contributed by atoms with Gasteiger partial charge in [0.05, 0.1) is 6.61 Å². The van der Waals surface area contributed by atoms with Gasteiger partial charge in [-0.05, 0) is 24.7 Å². The minimum atomic E-state index is 0.760. The summed E-state index contributed by atoms with van der Waals surface area (Å²) in [5.74, 6) is 1.71. The van der Waals surface area contributed by atoms with Gasteiger partial charge in [0.1, 0.15) is 0 Å². The normalized spacial score (nSPS) is 25.7. The lowest BCUT2D eigenvalue weighted by atomic mass is 10.1. The first-order chi connectivity index (χ1) is 6.74. The van der Waals surface area contributed by atoms with Crippen molar-refractivity contribution in [3.63, 3.8) is 0 Å². The molecule has 2 atom stereocenters. The van der Waals surface area contributed by atoms with Crippen molar-refractivity contribution in [1.29, 1.82) is 0 Å². The first-order valence-corrected chi connectivity index (χ1v) is 6.05. The Hall–Kier alpha value is -0.0800. The fraction of sp³-hybridized carbons (Fsp3) is 1.00. The molecule has 0 saturated heterocycles. The number of hydrogen-bond donors (Lipinski definition) is 1. The van der Waals surface area contributed by atoms with Crippen molar-refractivity contribution in [3.05, 3.63) is 0 Å². The van der Waals surface area contributed by atoms with Gasteiger partial charge in [-0.15, -0.1) is 0 Å².